The molecular weight excluding hydrogens is 384 g/mol. The molecule has 2 bridgehead atoms. The molecule has 1 saturated carbocycles. The molecule has 1 spiro atoms. The van der Waals surface area contributed by atoms with Gasteiger partial charge in [0, 0.05) is 6.54 Å². The molecule has 7 heteroatoms. The molecule has 5 aliphatic rings. The zero-order valence-corrected chi connectivity index (χ0v) is 17.1. The second-order valence-electron chi connectivity index (χ2n) is 9.10. The summed E-state index contributed by atoms with van der Waals surface area (Å²) in [4.78, 5) is 28.5. The first-order valence-electron chi connectivity index (χ1n) is 10.9. The van der Waals surface area contributed by atoms with E-state index in [1.807, 2.05) is 37.3 Å². The summed E-state index contributed by atoms with van der Waals surface area (Å²) >= 11 is 0. The molecule has 0 unspecified atom stereocenters. The van der Waals surface area contributed by atoms with Crippen molar-refractivity contribution in [2.24, 2.45) is 11.8 Å². The van der Waals surface area contributed by atoms with Gasteiger partial charge in [0.2, 0.25) is 18.6 Å². The van der Waals surface area contributed by atoms with Crippen LogP contribution in [0.15, 0.2) is 30.4 Å². The van der Waals surface area contributed by atoms with Crippen LogP contribution in [0.1, 0.15) is 38.2 Å². The summed E-state index contributed by atoms with van der Waals surface area (Å²) in [6.45, 7) is 3.37. The number of ether oxygens (including phenoxy) is 3. The molecule has 4 aliphatic heterocycles. The number of rotatable bonds is 4. The Kier molecular flexibility index (Phi) is 3.79. The number of carbonyl (C=O) groups is 2. The fourth-order valence-corrected chi connectivity index (χ4v) is 6.12. The first-order valence-corrected chi connectivity index (χ1v) is 10.9. The van der Waals surface area contributed by atoms with E-state index in [0.29, 0.717) is 13.1 Å². The van der Waals surface area contributed by atoms with E-state index in [2.05, 4.69) is 5.32 Å². The number of hydrogen-bond acceptors (Lipinski definition) is 5. The van der Waals surface area contributed by atoms with Crippen molar-refractivity contribution in [3.05, 3.63) is 35.9 Å². The molecular formula is C23H26N2O5. The molecule has 7 nitrogen and oxygen atoms in total. The number of amides is 2. The molecule has 30 heavy (non-hydrogen) atoms. The highest BCUT2D eigenvalue weighted by atomic mass is 16.7. The molecule has 2 saturated heterocycles. The molecule has 1 aliphatic carbocycles. The van der Waals surface area contributed by atoms with Crippen LogP contribution in [0.4, 0.5) is 0 Å². The molecule has 0 radical (unpaired) electrons. The van der Waals surface area contributed by atoms with Crippen LogP contribution in [0, 0.1) is 11.8 Å². The minimum absolute atomic E-state index is 0.0352. The predicted octanol–water partition coefficient (Wildman–Crippen LogP) is 2.10. The number of likely N-dealkylation sites (N-methyl/N-ethyl adjacent to an activating group) is 1. The van der Waals surface area contributed by atoms with Gasteiger partial charge < -0.3 is 24.4 Å². The fraction of sp³-hybridized carbons (Fsp3) is 0.565. The standard InChI is InChI=1S/C23H26N2O5/c1-2-25-12-23-10-7-16(30-23)18(19(23)21(25)27)20(26)24-22(8-3-4-9-22)14-5-6-15-17(11-14)29-13-28-15/h5-7,10-11,16,18-19H,2-4,8-9,12-13H2,1H3,(H,24,26)/t16-,18-,19+,23-/m1/s1. The van der Waals surface area contributed by atoms with Crippen molar-refractivity contribution in [3.63, 3.8) is 0 Å². The molecule has 1 aromatic rings. The number of carbonyl (C=O) groups excluding carboxylic acids is 2. The monoisotopic (exact) mass is 410 g/mol. The normalized spacial score (nSPS) is 34.6. The van der Waals surface area contributed by atoms with Gasteiger partial charge in [0.15, 0.2) is 11.5 Å². The molecule has 4 heterocycles. The molecule has 4 atom stereocenters. The Morgan fingerprint density at radius 3 is 2.83 bits per heavy atom. The summed E-state index contributed by atoms with van der Waals surface area (Å²) in [6, 6.07) is 5.94. The van der Waals surface area contributed by atoms with Crippen LogP contribution >= 0.6 is 0 Å². The molecule has 1 aromatic carbocycles. The number of hydrogen-bond donors (Lipinski definition) is 1. The van der Waals surface area contributed by atoms with Gasteiger partial charge in [-0.15, -0.1) is 0 Å². The van der Waals surface area contributed by atoms with Gasteiger partial charge in [0.25, 0.3) is 0 Å². The van der Waals surface area contributed by atoms with Gasteiger partial charge in [-0.2, -0.15) is 0 Å². The maximum absolute atomic E-state index is 13.6. The third-order valence-corrected chi connectivity index (χ3v) is 7.61. The second kappa shape index (κ2) is 6.23. The Hall–Kier alpha value is -2.54. The Bertz CT molecular complexity index is 953. The van der Waals surface area contributed by atoms with Crippen LogP contribution < -0.4 is 14.8 Å². The lowest BCUT2D eigenvalue weighted by Gasteiger charge is -2.34. The van der Waals surface area contributed by atoms with Gasteiger partial charge in [0.1, 0.15) is 5.60 Å². The van der Waals surface area contributed by atoms with Crippen LogP contribution in [-0.4, -0.2) is 48.3 Å². The van der Waals surface area contributed by atoms with Gasteiger partial charge in [-0.25, -0.2) is 0 Å². The average Bonchev–Trinajstić information content (AvgIpc) is 3.55. The largest absolute Gasteiger partial charge is 0.454 e. The van der Waals surface area contributed by atoms with Crippen molar-refractivity contribution >= 4 is 11.8 Å². The Morgan fingerprint density at radius 2 is 2.03 bits per heavy atom. The number of nitrogens with zero attached hydrogens (tertiary/aromatic N) is 1. The summed E-state index contributed by atoms with van der Waals surface area (Å²) in [6.07, 6.45) is 7.49. The van der Waals surface area contributed by atoms with Crippen LogP contribution in [0.3, 0.4) is 0 Å². The minimum Gasteiger partial charge on any atom is -0.454 e. The van der Waals surface area contributed by atoms with E-state index in [-0.39, 0.29) is 24.7 Å². The first kappa shape index (κ1) is 18.2. The van der Waals surface area contributed by atoms with E-state index in [9.17, 15) is 9.59 Å². The summed E-state index contributed by atoms with van der Waals surface area (Å²) in [5, 5.41) is 3.37. The smallest absolute Gasteiger partial charge is 0.231 e. The zero-order valence-electron chi connectivity index (χ0n) is 17.1. The maximum atomic E-state index is 13.6. The topological polar surface area (TPSA) is 77.1 Å². The minimum atomic E-state index is -0.638. The molecule has 2 amide bonds. The second-order valence-corrected chi connectivity index (χ2v) is 9.10. The number of nitrogens with one attached hydrogen (secondary N) is 1. The SMILES string of the molecule is CCN1C[C@@]23C=C[C@@H](O2)[C@@H](C(=O)NC2(c4ccc5c(c4)OCO5)CCCC2)[C@H]3C1=O. The average molecular weight is 410 g/mol. The van der Waals surface area contributed by atoms with Gasteiger partial charge in [-0.3, -0.25) is 9.59 Å². The van der Waals surface area contributed by atoms with E-state index in [0.717, 1.165) is 42.7 Å². The molecule has 1 N–H and O–H groups in total. The summed E-state index contributed by atoms with van der Waals surface area (Å²) in [5.41, 5.74) is -0.0376. The summed E-state index contributed by atoms with van der Waals surface area (Å²) < 4.78 is 17.2. The molecule has 158 valence electrons. The lowest BCUT2D eigenvalue weighted by molar-refractivity contribution is -0.138. The van der Waals surface area contributed by atoms with Crippen molar-refractivity contribution in [3.8, 4) is 11.5 Å². The summed E-state index contributed by atoms with van der Waals surface area (Å²) in [5.74, 6) is 0.508. The number of fused-ring (bicyclic) bond motifs is 2. The van der Waals surface area contributed by atoms with Crippen molar-refractivity contribution in [2.75, 3.05) is 19.9 Å². The van der Waals surface area contributed by atoms with E-state index >= 15 is 0 Å². The zero-order chi connectivity index (χ0) is 20.5. The van der Waals surface area contributed by atoms with Gasteiger partial charge in [-0.1, -0.05) is 31.1 Å². The van der Waals surface area contributed by atoms with Crippen LogP contribution in [0.25, 0.3) is 0 Å². The molecule has 6 rings (SSSR count). The fourth-order valence-electron chi connectivity index (χ4n) is 6.12. The first-order chi connectivity index (χ1) is 14.6. The Morgan fingerprint density at radius 1 is 1.23 bits per heavy atom. The lowest BCUT2D eigenvalue weighted by Crippen LogP contribution is -2.51. The number of likely N-dealkylation sites (tertiary alicyclic amines) is 1. The Labute approximate surface area is 175 Å². The van der Waals surface area contributed by atoms with E-state index in [1.165, 1.54) is 0 Å². The van der Waals surface area contributed by atoms with E-state index in [4.69, 9.17) is 14.2 Å². The maximum Gasteiger partial charge on any atom is 0.231 e. The number of benzene rings is 1. The highest BCUT2D eigenvalue weighted by molar-refractivity contribution is 5.93. The quantitative estimate of drug-likeness (QED) is 0.770. The lowest BCUT2D eigenvalue weighted by atomic mass is 9.76. The van der Waals surface area contributed by atoms with Gasteiger partial charge in [-0.05, 0) is 37.5 Å². The third kappa shape index (κ3) is 2.35. The third-order valence-electron chi connectivity index (χ3n) is 7.61. The highest BCUT2D eigenvalue weighted by Gasteiger charge is 2.66. The van der Waals surface area contributed by atoms with Gasteiger partial charge in [0.05, 0.1) is 30.0 Å². The van der Waals surface area contributed by atoms with E-state index in [1.54, 1.807) is 4.90 Å². The highest BCUT2D eigenvalue weighted by Crippen LogP contribution is 2.52. The van der Waals surface area contributed by atoms with Crippen molar-refractivity contribution in [1.82, 2.24) is 10.2 Å². The van der Waals surface area contributed by atoms with Crippen molar-refractivity contribution in [1.29, 1.82) is 0 Å². The Balaban J connectivity index is 1.31. The van der Waals surface area contributed by atoms with E-state index < -0.39 is 23.0 Å². The van der Waals surface area contributed by atoms with Gasteiger partial charge >= 0.3 is 0 Å². The van der Waals surface area contributed by atoms with Crippen LogP contribution in [0.5, 0.6) is 11.5 Å². The van der Waals surface area contributed by atoms with Crippen LogP contribution in [-0.2, 0) is 19.9 Å². The molecule has 0 aromatic heterocycles. The van der Waals surface area contributed by atoms with Crippen LogP contribution in [0.2, 0.25) is 0 Å². The van der Waals surface area contributed by atoms with Crippen molar-refractivity contribution < 1.29 is 23.8 Å². The summed E-state index contributed by atoms with van der Waals surface area (Å²) in [7, 11) is 0. The van der Waals surface area contributed by atoms with Crippen molar-refractivity contribution in [2.45, 2.75) is 49.9 Å². The predicted molar refractivity (Wildman–Crippen MR) is 107 cm³/mol. The molecule has 3 fully saturated rings.